The summed E-state index contributed by atoms with van der Waals surface area (Å²) in [6, 6.07) is 23.8. The van der Waals surface area contributed by atoms with Crippen molar-refractivity contribution in [1.82, 2.24) is 4.90 Å². The molecular formula is C30H22BrClN2O5S. The largest absolute Gasteiger partial charge is 0.493 e. The van der Waals surface area contributed by atoms with Gasteiger partial charge in [-0.05, 0) is 86.0 Å². The van der Waals surface area contributed by atoms with Crippen LogP contribution in [0.1, 0.15) is 11.1 Å². The number of methoxy groups -OCH3 is 1. The fourth-order valence-electron chi connectivity index (χ4n) is 4.20. The van der Waals surface area contributed by atoms with Crippen molar-refractivity contribution in [3.63, 3.8) is 0 Å². The third kappa shape index (κ3) is 6.17. The van der Waals surface area contributed by atoms with E-state index < -0.39 is 0 Å². The van der Waals surface area contributed by atoms with Crippen LogP contribution in [0.2, 0.25) is 5.02 Å². The number of hydrogen-bond donors (Lipinski definition) is 1. The number of fused-ring (bicyclic) bond motifs is 1. The molecule has 3 amide bonds. The zero-order valence-electron chi connectivity index (χ0n) is 21.1. The molecule has 5 rings (SSSR count). The Bertz CT molecular complexity index is 1670. The van der Waals surface area contributed by atoms with Crippen LogP contribution >= 0.6 is 39.3 Å². The number of halogens is 2. The third-order valence-corrected chi connectivity index (χ3v) is 8.27. The predicted octanol–water partition coefficient (Wildman–Crippen LogP) is 7.52. The first kappa shape index (κ1) is 27.8. The Labute approximate surface area is 248 Å². The van der Waals surface area contributed by atoms with Gasteiger partial charge in [-0.3, -0.25) is 19.3 Å². The maximum atomic E-state index is 13.2. The van der Waals surface area contributed by atoms with Gasteiger partial charge in [-0.1, -0.05) is 60.1 Å². The Hall–Kier alpha value is -3.79. The quantitative estimate of drug-likeness (QED) is 0.201. The highest BCUT2D eigenvalue weighted by Gasteiger charge is 2.35. The zero-order chi connectivity index (χ0) is 28.2. The molecule has 40 heavy (non-hydrogen) atoms. The fraction of sp³-hybridized carbons (Fsp3) is 0.100. The Balaban J connectivity index is 1.26. The number of amides is 3. The van der Waals surface area contributed by atoms with E-state index in [0.717, 1.165) is 32.6 Å². The molecule has 0 saturated carbocycles. The third-order valence-electron chi connectivity index (χ3n) is 6.13. The predicted molar refractivity (Wildman–Crippen MR) is 162 cm³/mol. The van der Waals surface area contributed by atoms with Crippen molar-refractivity contribution < 1.29 is 23.9 Å². The molecule has 1 saturated heterocycles. The Morgan fingerprint density at radius 2 is 1.82 bits per heavy atom. The van der Waals surface area contributed by atoms with Crippen LogP contribution in [0.25, 0.3) is 16.8 Å². The monoisotopic (exact) mass is 636 g/mol. The molecule has 1 fully saturated rings. The van der Waals surface area contributed by atoms with Gasteiger partial charge < -0.3 is 14.8 Å². The number of nitrogens with zero attached hydrogens (tertiary/aromatic N) is 1. The summed E-state index contributed by atoms with van der Waals surface area (Å²) in [5.74, 6) is 0.00671. The molecule has 0 unspecified atom stereocenters. The minimum atomic E-state index is -0.371. The van der Waals surface area contributed by atoms with Gasteiger partial charge in [0.1, 0.15) is 0 Å². The Kier molecular flexibility index (Phi) is 8.44. The molecule has 1 aliphatic rings. The van der Waals surface area contributed by atoms with E-state index in [1.54, 1.807) is 42.5 Å². The fourth-order valence-corrected chi connectivity index (χ4v) is 5.46. The zero-order valence-corrected chi connectivity index (χ0v) is 24.3. The molecule has 0 spiro atoms. The summed E-state index contributed by atoms with van der Waals surface area (Å²) in [6.07, 6.45) is 1.64. The van der Waals surface area contributed by atoms with Crippen LogP contribution in [0.5, 0.6) is 11.5 Å². The van der Waals surface area contributed by atoms with E-state index in [4.69, 9.17) is 21.1 Å². The van der Waals surface area contributed by atoms with Gasteiger partial charge in [0.15, 0.2) is 18.1 Å². The molecule has 0 bridgehead atoms. The number of imide groups is 1. The first-order valence-corrected chi connectivity index (χ1v) is 14.1. The summed E-state index contributed by atoms with van der Waals surface area (Å²) >= 11 is 10.3. The van der Waals surface area contributed by atoms with Gasteiger partial charge in [-0.25, -0.2) is 0 Å². The highest BCUT2D eigenvalue weighted by atomic mass is 79.9. The standard InChI is InChI=1S/C30H22BrClN2O5S/c1-38-26-13-18(9-12-25(26)39-17-28(35)33-21-10-11-23(31)24(32)15-21)14-27-29(36)34(30(37)40-27)16-20-7-4-6-19-5-2-3-8-22(19)20/h2-15H,16-17H2,1H3,(H,33,35)/b27-14-. The molecular weight excluding hydrogens is 616 g/mol. The minimum absolute atomic E-state index is 0.188. The number of carbonyl (C=O) groups excluding carboxylic acids is 3. The van der Waals surface area contributed by atoms with Crippen molar-refractivity contribution in [3.05, 3.63) is 104 Å². The highest BCUT2D eigenvalue weighted by molar-refractivity contribution is 9.10. The van der Waals surface area contributed by atoms with Gasteiger partial charge >= 0.3 is 0 Å². The van der Waals surface area contributed by atoms with Crippen LogP contribution in [0.3, 0.4) is 0 Å². The number of rotatable bonds is 8. The van der Waals surface area contributed by atoms with Crippen LogP contribution in [0.4, 0.5) is 10.5 Å². The maximum absolute atomic E-state index is 13.2. The molecule has 0 radical (unpaired) electrons. The van der Waals surface area contributed by atoms with E-state index in [1.165, 1.54) is 12.0 Å². The molecule has 202 valence electrons. The lowest BCUT2D eigenvalue weighted by molar-refractivity contribution is -0.123. The van der Waals surface area contributed by atoms with Crippen LogP contribution in [-0.4, -0.2) is 35.7 Å². The second-order valence-electron chi connectivity index (χ2n) is 8.78. The van der Waals surface area contributed by atoms with Crippen molar-refractivity contribution in [1.29, 1.82) is 0 Å². The molecule has 10 heteroatoms. The Morgan fingerprint density at radius 1 is 1.02 bits per heavy atom. The molecule has 1 heterocycles. The van der Waals surface area contributed by atoms with Crippen molar-refractivity contribution >= 4 is 78.9 Å². The van der Waals surface area contributed by atoms with E-state index in [2.05, 4.69) is 21.2 Å². The van der Waals surface area contributed by atoms with E-state index in [-0.39, 0.29) is 30.2 Å². The van der Waals surface area contributed by atoms with Crippen molar-refractivity contribution in [2.45, 2.75) is 6.54 Å². The molecule has 1 N–H and O–H groups in total. The number of hydrogen-bond acceptors (Lipinski definition) is 6. The number of benzene rings is 4. The summed E-state index contributed by atoms with van der Waals surface area (Å²) in [6.45, 7) is -0.0650. The summed E-state index contributed by atoms with van der Waals surface area (Å²) in [4.78, 5) is 39.8. The van der Waals surface area contributed by atoms with Crippen LogP contribution in [0, 0.1) is 0 Å². The average molecular weight is 638 g/mol. The van der Waals surface area contributed by atoms with Crippen LogP contribution in [-0.2, 0) is 16.1 Å². The summed E-state index contributed by atoms with van der Waals surface area (Å²) in [5, 5.41) is 4.92. The summed E-state index contributed by atoms with van der Waals surface area (Å²) in [5.41, 5.74) is 2.09. The smallest absolute Gasteiger partial charge is 0.293 e. The lowest BCUT2D eigenvalue weighted by Crippen LogP contribution is -2.27. The average Bonchev–Trinajstić information content (AvgIpc) is 3.21. The minimum Gasteiger partial charge on any atom is -0.493 e. The molecule has 4 aromatic carbocycles. The first-order valence-electron chi connectivity index (χ1n) is 12.1. The van der Waals surface area contributed by atoms with Crippen molar-refractivity contribution in [2.75, 3.05) is 19.0 Å². The van der Waals surface area contributed by atoms with Gasteiger partial charge in [0.25, 0.3) is 17.1 Å². The van der Waals surface area contributed by atoms with Crippen molar-refractivity contribution in [3.8, 4) is 11.5 Å². The summed E-state index contributed by atoms with van der Waals surface area (Å²) in [7, 11) is 1.48. The number of anilines is 1. The van der Waals surface area contributed by atoms with E-state index in [9.17, 15) is 14.4 Å². The van der Waals surface area contributed by atoms with E-state index in [0.29, 0.717) is 32.7 Å². The van der Waals surface area contributed by atoms with E-state index in [1.807, 2.05) is 42.5 Å². The highest BCUT2D eigenvalue weighted by Crippen LogP contribution is 2.36. The summed E-state index contributed by atoms with van der Waals surface area (Å²) < 4.78 is 11.8. The van der Waals surface area contributed by atoms with E-state index >= 15 is 0 Å². The lowest BCUT2D eigenvalue weighted by Gasteiger charge is -2.14. The Morgan fingerprint density at radius 3 is 2.62 bits per heavy atom. The van der Waals surface area contributed by atoms with Gasteiger partial charge in [0, 0.05) is 10.2 Å². The SMILES string of the molecule is COc1cc(/C=C2\SC(=O)N(Cc3cccc4ccccc34)C2=O)ccc1OCC(=O)Nc1ccc(Br)c(Cl)c1. The first-order chi connectivity index (χ1) is 19.3. The molecule has 0 aliphatic carbocycles. The topological polar surface area (TPSA) is 84.9 Å². The van der Waals surface area contributed by atoms with Gasteiger partial charge in [0.05, 0.1) is 23.6 Å². The second-order valence-corrected chi connectivity index (χ2v) is 11.0. The molecule has 4 aromatic rings. The maximum Gasteiger partial charge on any atom is 0.293 e. The van der Waals surface area contributed by atoms with Crippen LogP contribution in [0.15, 0.2) is 88.2 Å². The normalized spacial score (nSPS) is 14.2. The number of nitrogens with one attached hydrogen (secondary N) is 1. The van der Waals surface area contributed by atoms with Gasteiger partial charge in [0.2, 0.25) is 0 Å². The van der Waals surface area contributed by atoms with Crippen molar-refractivity contribution in [2.24, 2.45) is 0 Å². The molecule has 0 atom stereocenters. The molecule has 0 aromatic heterocycles. The number of ether oxygens (including phenoxy) is 2. The number of thioether (sulfide) groups is 1. The van der Waals surface area contributed by atoms with Crippen LogP contribution < -0.4 is 14.8 Å². The van der Waals surface area contributed by atoms with Gasteiger partial charge in [-0.2, -0.15) is 0 Å². The molecule has 1 aliphatic heterocycles. The molecule has 7 nitrogen and oxygen atoms in total. The van der Waals surface area contributed by atoms with Gasteiger partial charge in [-0.15, -0.1) is 0 Å². The number of carbonyl (C=O) groups is 3. The second kappa shape index (κ2) is 12.2. The lowest BCUT2D eigenvalue weighted by atomic mass is 10.0.